The van der Waals surface area contributed by atoms with Gasteiger partial charge in [-0.1, -0.05) is 5.16 Å². The Morgan fingerprint density at radius 3 is 2.92 bits per heavy atom. The second kappa shape index (κ2) is 8.19. The molecule has 0 saturated carbocycles. The zero-order valence-electron chi connectivity index (χ0n) is 13.7. The third kappa shape index (κ3) is 4.29. The molecule has 24 heavy (non-hydrogen) atoms. The van der Waals surface area contributed by atoms with Crippen LogP contribution in [0.25, 0.3) is 11.4 Å². The Morgan fingerprint density at radius 1 is 1.29 bits per heavy atom. The van der Waals surface area contributed by atoms with Crippen molar-refractivity contribution in [3.05, 3.63) is 30.2 Å². The van der Waals surface area contributed by atoms with Crippen LogP contribution in [0.4, 0.5) is 0 Å². The van der Waals surface area contributed by atoms with Crippen LogP contribution in [0.15, 0.2) is 28.8 Å². The lowest BCUT2D eigenvalue weighted by Crippen LogP contribution is -2.33. The minimum Gasteiger partial charge on any atom is -0.497 e. The number of rotatable bonds is 5. The van der Waals surface area contributed by atoms with Crippen molar-refractivity contribution in [3.63, 3.8) is 0 Å². The van der Waals surface area contributed by atoms with Crippen molar-refractivity contribution in [1.29, 1.82) is 0 Å². The molecule has 0 radical (unpaired) electrons. The van der Waals surface area contributed by atoms with Crippen molar-refractivity contribution in [2.45, 2.75) is 19.3 Å². The SMILES string of the molecule is COc1ccc(-c2noc(CCC(=O)N3CCCSCC3)n2)cc1. The van der Waals surface area contributed by atoms with Gasteiger partial charge in [-0.3, -0.25) is 4.79 Å². The van der Waals surface area contributed by atoms with E-state index in [1.165, 1.54) is 0 Å². The first kappa shape index (κ1) is 16.8. The molecule has 1 fully saturated rings. The maximum Gasteiger partial charge on any atom is 0.227 e. The molecule has 1 aliphatic rings. The van der Waals surface area contributed by atoms with Gasteiger partial charge in [0, 0.05) is 37.2 Å². The lowest BCUT2D eigenvalue weighted by atomic mass is 10.2. The number of hydrogen-bond acceptors (Lipinski definition) is 6. The lowest BCUT2D eigenvalue weighted by Gasteiger charge is -2.19. The summed E-state index contributed by atoms with van der Waals surface area (Å²) in [5.74, 6) is 4.14. The van der Waals surface area contributed by atoms with Crippen LogP contribution in [0.2, 0.25) is 0 Å². The first-order valence-electron chi connectivity index (χ1n) is 8.09. The molecule has 1 aliphatic heterocycles. The van der Waals surface area contributed by atoms with Gasteiger partial charge in [0.05, 0.1) is 7.11 Å². The molecule has 1 aromatic carbocycles. The van der Waals surface area contributed by atoms with Gasteiger partial charge in [0.25, 0.3) is 0 Å². The molecule has 2 aromatic rings. The van der Waals surface area contributed by atoms with Gasteiger partial charge in [-0.2, -0.15) is 16.7 Å². The minimum absolute atomic E-state index is 0.168. The van der Waals surface area contributed by atoms with Crippen LogP contribution in [0.1, 0.15) is 18.7 Å². The monoisotopic (exact) mass is 347 g/mol. The van der Waals surface area contributed by atoms with Gasteiger partial charge >= 0.3 is 0 Å². The van der Waals surface area contributed by atoms with Crippen LogP contribution >= 0.6 is 11.8 Å². The molecule has 0 bridgehead atoms. The van der Waals surface area contributed by atoms with Crippen molar-refractivity contribution in [3.8, 4) is 17.1 Å². The topological polar surface area (TPSA) is 68.5 Å². The molecule has 0 aliphatic carbocycles. The maximum absolute atomic E-state index is 12.3. The second-order valence-corrected chi connectivity index (χ2v) is 6.81. The van der Waals surface area contributed by atoms with Crippen LogP contribution in [0, 0.1) is 0 Å². The van der Waals surface area contributed by atoms with Gasteiger partial charge in [0.2, 0.25) is 17.6 Å². The fourth-order valence-corrected chi connectivity index (χ4v) is 3.47. The average Bonchev–Trinajstić information content (AvgIpc) is 2.92. The Hall–Kier alpha value is -2.02. The van der Waals surface area contributed by atoms with E-state index in [4.69, 9.17) is 9.26 Å². The summed E-state index contributed by atoms with van der Waals surface area (Å²) in [7, 11) is 1.63. The first-order valence-corrected chi connectivity index (χ1v) is 9.24. The van der Waals surface area contributed by atoms with Crippen molar-refractivity contribution < 1.29 is 14.1 Å². The lowest BCUT2D eigenvalue weighted by molar-refractivity contribution is -0.131. The largest absolute Gasteiger partial charge is 0.497 e. The molecule has 0 spiro atoms. The average molecular weight is 347 g/mol. The summed E-state index contributed by atoms with van der Waals surface area (Å²) in [6.45, 7) is 1.69. The molecule has 0 N–H and O–H groups in total. The minimum atomic E-state index is 0.168. The molecule has 3 rings (SSSR count). The zero-order chi connectivity index (χ0) is 16.8. The zero-order valence-corrected chi connectivity index (χ0v) is 14.6. The second-order valence-electron chi connectivity index (χ2n) is 5.59. The van der Waals surface area contributed by atoms with E-state index in [1.54, 1.807) is 7.11 Å². The molecule has 128 valence electrons. The highest BCUT2D eigenvalue weighted by atomic mass is 32.2. The van der Waals surface area contributed by atoms with Gasteiger partial charge in [-0.25, -0.2) is 0 Å². The van der Waals surface area contributed by atoms with Crippen molar-refractivity contribution in [2.75, 3.05) is 31.7 Å². The number of amides is 1. The highest BCUT2D eigenvalue weighted by Gasteiger charge is 2.17. The standard InChI is InChI=1S/C17H21N3O3S/c1-22-14-5-3-13(4-6-14)17-18-15(23-19-17)7-8-16(21)20-9-2-11-24-12-10-20/h3-6H,2,7-12H2,1H3. The van der Waals surface area contributed by atoms with E-state index < -0.39 is 0 Å². The number of hydrogen-bond donors (Lipinski definition) is 0. The molecule has 1 aromatic heterocycles. The Kier molecular flexibility index (Phi) is 5.74. The number of thioether (sulfide) groups is 1. The van der Waals surface area contributed by atoms with Crippen LogP contribution in [0.5, 0.6) is 5.75 Å². The molecular formula is C17H21N3O3S. The maximum atomic E-state index is 12.3. The third-order valence-electron chi connectivity index (χ3n) is 3.94. The van der Waals surface area contributed by atoms with E-state index in [9.17, 15) is 4.79 Å². The molecule has 7 heteroatoms. The first-order chi connectivity index (χ1) is 11.8. The van der Waals surface area contributed by atoms with Crippen molar-refractivity contribution in [1.82, 2.24) is 15.0 Å². The van der Waals surface area contributed by atoms with Gasteiger partial charge in [0.15, 0.2) is 0 Å². The number of benzene rings is 1. The number of carbonyl (C=O) groups is 1. The summed E-state index contributed by atoms with van der Waals surface area (Å²) in [5.41, 5.74) is 0.863. The van der Waals surface area contributed by atoms with E-state index in [0.717, 1.165) is 42.3 Å². The molecule has 0 atom stereocenters. The number of aryl methyl sites for hydroxylation is 1. The third-order valence-corrected chi connectivity index (χ3v) is 4.99. The summed E-state index contributed by atoms with van der Waals surface area (Å²) >= 11 is 1.91. The quantitative estimate of drug-likeness (QED) is 0.828. The summed E-state index contributed by atoms with van der Waals surface area (Å²) in [6.07, 6.45) is 1.96. The predicted molar refractivity (Wildman–Crippen MR) is 93.1 cm³/mol. The van der Waals surface area contributed by atoms with E-state index in [0.29, 0.717) is 24.6 Å². The fraction of sp³-hybridized carbons (Fsp3) is 0.471. The molecular weight excluding hydrogens is 326 g/mol. The van der Waals surface area contributed by atoms with Gasteiger partial charge in [0.1, 0.15) is 5.75 Å². The van der Waals surface area contributed by atoms with E-state index in [2.05, 4.69) is 10.1 Å². The Balaban J connectivity index is 1.56. The van der Waals surface area contributed by atoms with Crippen molar-refractivity contribution >= 4 is 17.7 Å². The fourth-order valence-electron chi connectivity index (χ4n) is 2.58. The Morgan fingerprint density at radius 2 is 2.12 bits per heavy atom. The van der Waals surface area contributed by atoms with Crippen LogP contribution in [0.3, 0.4) is 0 Å². The van der Waals surface area contributed by atoms with Gasteiger partial charge in [-0.15, -0.1) is 0 Å². The number of aromatic nitrogens is 2. The van der Waals surface area contributed by atoms with E-state index in [1.807, 2.05) is 40.9 Å². The highest BCUT2D eigenvalue weighted by molar-refractivity contribution is 7.99. The molecule has 1 amide bonds. The van der Waals surface area contributed by atoms with Crippen molar-refractivity contribution in [2.24, 2.45) is 0 Å². The summed E-state index contributed by atoms with van der Waals surface area (Å²) in [6, 6.07) is 7.47. The number of nitrogens with zero attached hydrogens (tertiary/aromatic N) is 3. The normalized spacial score (nSPS) is 15.1. The molecule has 2 heterocycles. The van der Waals surface area contributed by atoms with Gasteiger partial charge in [-0.05, 0) is 36.4 Å². The molecule has 6 nitrogen and oxygen atoms in total. The number of ether oxygens (including phenoxy) is 1. The number of methoxy groups -OCH3 is 1. The molecule has 1 saturated heterocycles. The van der Waals surface area contributed by atoms with Crippen LogP contribution in [-0.2, 0) is 11.2 Å². The van der Waals surface area contributed by atoms with E-state index >= 15 is 0 Å². The van der Waals surface area contributed by atoms with Crippen LogP contribution < -0.4 is 4.74 Å². The smallest absolute Gasteiger partial charge is 0.227 e. The summed E-state index contributed by atoms with van der Waals surface area (Å²) in [4.78, 5) is 18.6. The Labute approximate surface area is 145 Å². The van der Waals surface area contributed by atoms with E-state index in [-0.39, 0.29) is 5.91 Å². The summed E-state index contributed by atoms with van der Waals surface area (Å²) < 4.78 is 10.4. The highest BCUT2D eigenvalue weighted by Crippen LogP contribution is 2.20. The molecule has 0 unspecified atom stereocenters. The predicted octanol–water partition coefficient (Wildman–Crippen LogP) is 2.64. The van der Waals surface area contributed by atoms with Gasteiger partial charge < -0.3 is 14.2 Å². The van der Waals surface area contributed by atoms with Crippen LogP contribution in [-0.4, -0.2) is 52.7 Å². The Bertz CT molecular complexity index is 664. The summed E-state index contributed by atoms with van der Waals surface area (Å²) in [5, 5.41) is 3.99. The number of carbonyl (C=O) groups excluding carboxylic acids is 1.